The van der Waals surface area contributed by atoms with Crippen molar-refractivity contribution in [3.05, 3.63) is 34.6 Å². The van der Waals surface area contributed by atoms with Gasteiger partial charge >= 0.3 is 6.18 Å². The summed E-state index contributed by atoms with van der Waals surface area (Å²) in [4.78, 5) is 0. The largest absolute Gasteiger partial charge is 0.473 e. The molecule has 1 aromatic rings. The quantitative estimate of drug-likeness (QED) is 0.683. The van der Waals surface area contributed by atoms with Crippen molar-refractivity contribution >= 4 is 17.7 Å². The Bertz CT molecular complexity index is 510. The summed E-state index contributed by atoms with van der Waals surface area (Å²) < 4.78 is 57.1. The molecule has 0 aromatic heterocycles. The lowest BCUT2D eigenvalue weighted by atomic mass is 9.95. The monoisotopic (exact) mass is 280 g/mol. The maximum absolute atomic E-state index is 13.2. The molecule has 0 bridgehead atoms. The minimum absolute atomic E-state index is 0.154. The van der Waals surface area contributed by atoms with Gasteiger partial charge in [0.1, 0.15) is 11.6 Å². The van der Waals surface area contributed by atoms with Crippen LogP contribution < -0.4 is 4.74 Å². The molecule has 98 valence electrons. The van der Waals surface area contributed by atoms with Crippen LogP contribution >= 0.6 is 11.6 Å². The van der Waals surface area contributed by atoms with Crippen LogP contribution in [0.15, 0.2) is 18.2 Å². The number of halogens is 5. The summed E-state index contributed by atoms with van der Waals surface area (Å²) in [5, 5.41) is -0.155. The smallest absolute Gasteiger partial charge is 0.432 e. The molecule has 0 saturated heterocycles. The summed E-state index contributed by atoms with van der Waals surface area (Å²) in [6, 6.07) is 2.11. The van der Waals surface area contributed by atoms with Crippen LogP contribution in [0.25, 0.3) is 6.08 Å². The van der Waals surface area contributed by atoms with Crippen molar-refractivity contribution in [1.82, 2.24) is 0 Å². The maximum Gasteiger partial charge on any atom is 0.432 e. The lowest BCUT2D eigenvalue weighted by molar-refractivity contribution is -0.230. The van der Waals surface area contributed by atoms with E-state index in [1.165, 1.54) is 19.1 Å². The molecule has 0 spiro atoms. The fourth-order valence-electron chi connectivity index (χ4n) is 1.76. The van der Waals surface area contributed by atoms with Gasteiger partial charge in [0, 0.05) is 11.6 Å². The van der Waals surface area contributed by atoms with Crippen molar-refractivity contribution in [1.29, 1.82) is 0 Å². The van der Waals surface area contributed by atoms with Gasteiger partial charge in [-0.3, -0.25) is 0 Å². The second kappa shape index (κ2) is 4.16. The molecule has 1 aliphatic rings. The highest BCUT2D eigenvalue weighted by Gasteiger charge is 2.55. The predicted octanol–water partition coefficient (Wildman–Crippen LogP) is 4.60. The lowest BCUT2D eigenvalue weighted by Crippen LogP contribution is -2.49. The van der Waals surface area contributed by atoms with Crippen LogP contribution in [-0.2, 0) is 0 Å². The number of hydrogen-bond acceptors (Lipinski definition) is 1. The highest BCUT2D eigenvalue weighted by molar-refractivity contribution is 6.30. The predicted molar refractivity (Wildman–Crippen MR) is 60.1 cm³/mol. The fourth-order valence-corrected chi connectivity index (χ4v) is 1.93. The molecule has 1 unspecified atom stereocenters. The molecule has 6 heteroatoms. The molecule has 1 heterocycles. The van der Waals surface area contributed by atoms with Crippen molar-refractivity contribution in [2.24, 2.45) is 0 Å². The third kappa shape index (κ3) is 1.96. The third-order valence-electron chi connectivity index (χ3n) is 2.88. The Labute approximate surface area is 106 Å². The maximum atomic E-state index is 13.2. The van der Waals surface area contributed by atoms with Crippen molar-refractivity contribution in [2.75, 3.05) is 0 Å². The fraction of sp³-hybridized carbons (Fsp3) is 0.333. The zero-order chi connectivity index (χ0) is 13.6. The Morgan fingerprint density at radius 2 is 2.00 bits per heavy atom. The van der Waals surface area contributed by atoms with E-state index in [0.717, 1.165) is 12.1 Å². The van der Waals surface area contributed by atoms with E-state index in [2.05, 4.69) is 0 Å². The van der Waals surface area contributed by atoms with Crippen molar-refractivity contribution in [3.8, 4) is 5.75 Å². The average Bonchev–Trinajstić information content (AvgIpc) is 2.28. The van der Waals surface area contributed by atoms with Gasteiger partial charge in [-0.1, -0.05) is 24.6 Å². The molecule has 0 fully saturated rings. The summed E-state index contributed by atoms with van der Waals surface area (Å²) in [6.45, 7) is 1.36. The van der Waals surface area contributed by atoms with E-state index in [1.54, 1.807) is 0 Å². The molecule has 18 heavy (non-hydrogen) atoms. The Morgan fingerprint density at radius 1 is 1.33 bits per heavy atom. The van der Waals surface area contributed by atoms with Crippen LogP contribution in [0.2, 0.25) is 5.02 Å². The van der Waals surface area contributed by atoms with E-state index in [1.807, 2.05) is 0 Å². The van der Waals surface area contributed by atoms with Crippen LogP contribution in [-0.4, -0.2) is 11.8 Å². The van der Waals surface area contributed by atoms with Gasteiger partial charge in [-0.25, -0.2) is 4.39 Å². The van der Waals surface area contributed by atoms with Crippen LogP contribution in [0.5, 0.6) is 5.75 Å². The van der Waals surface area contributed by atoms with E-state index < -0.39 is 17.6 Å². The minimum atomic E-state index is -4.56. The number of benzene rings is 1. The molecule has 0 radical (unpaired) electrons. The molecule has 0 saturated carbocycles. The number of alkyl halides is 3. The molecular weight excluding hydrogens is 272 g/mol. The summed E-state index contributed by atoms with van der Waals surface area (Å²) in [6.07, 6.45) is -2.67. The first-order valence-electron chi connectivity index (χ1n) is 5.23. The Morgan fingerprint density at radius 3 is 2.56 bits per heavy atom. The first-order valence-corrected chi connectivity index (χ1v) is 5.61. The molecule has 0 aliphatic carbocycles. The number of rotatable bonds is 1. The van der Waals surface area contributed by atoms with Crippen LogP contribution in [0, 0.1) is 5.82 Å². The highest BCUT2D eigenvalue weighted by atomic mass is 35.5. The van der Waals surface area contributed by atoms with Crippen molar-refractivity contribution < 1.29 is 22.3 Å². The molecule has 1 aliphatic heterocycles. The topological polar surface area (TPSA) is 9.23 Å². The normalized spacial score (nSPS) is 22.6. The van der Waals surface area contributed by atoms with E-state index in [9.17, 15) is 17.6 Å². The van der Waals surface area contributed by atoms with Gasteiger partial charge < -0.3 is 4.74 Å². The summed E-state index contributed by atoms with van der Waals surface area (Å²) in [7, 11) is 0. The zero-order valence-corrected chi connectivity index (χ0v) is 10.1. The third-order valence-corrected chi connectivity index (χ3v) is 3.17. The molecule has 1 nitrogen and oxygen atoms in total. The number of hydrogen-bond donors (Lipinski definition) is 0. The van der Waals surface area contributed by atoms with E-state index >= 15 is 0 Å². The van der Waals surface area contributed by atoms with Crippen LogP contribution in [0.1, 0.15) is 18.9 Å². The average molecular weight is 281 g/mol. The van der Waals surface area contributed by atoms with Gasteiger partial charge in [0.05, 0.1) is 5.02 Å². The van der Waals surface area contributed by atoms with Crippen LogP contribution in [0.3, 0.4) is 0 Å². The first kappa shape index (κ1) is 13.2. The molecular formula is C12H9ClF4O. The molecule has 0 amide bonds. The van der Waals surface area contributed by atoms with Crippen molar-refractivity contribution in [2.45, 2.75) is 25.1 Å². The van der Waals surface area contributed by atoms with Gasteiger partial charge in [0.15, 0.2) is 0 Å². The van der Waals surface area contributed by atoms with E-state index in [0.29, 0.717) is 5.56 Å². The minimum Gasteiger partial charge on any atom is -0.473 e. The van der Waals surface area contributed by atoms with Gasteiger partial charge in [0.25, 0.3) is 0 Å². The Balaban J connectivity index is 2.50. The molecule has 2 rings (SSSR count). The summed E-state index contributed by atoms with van der Waals surface area (Å²) >= 11 is 5.55. The van der Waals surface area contributed by atoms with E-state index in [4.69, 9.17) is 16.3 Å². The zero-order valence-electron chi connectivity index (χ0n) is 9.31. The highest BCUT2D eigenvalue weighted by Crippen LogP contribution is 2.43. The first-order chi connectivity index (χ1) is 8.29. The number of ether oxygens (including phenoxy) is 1. The standard InChI is InChI=1S/C12H9ClF4O/c1-2-11(12(15,16)17)4-3-7-5-8(13)9(14)6-10(7)18-11/h3-6H,2H2,1H3. The second-order valence-electron chi connectivity index (χ2n) is 3.98. The van der Waals surface area contributed by atoms with Crippen molar-refractivity contribution in [3.63, 3.8) is 0 Å². The Kier molecular flexibility index (Phi) is 3.05. The van der Waals surface area contributed by atoms with Gasteiger partial charge in [-0.05, 0) is 18.6 Å². The van der Waals surface area contributed by atoms with E-state index in [-0.39, 0.29) is 17.2 Å². The summed E-state index contributed by atoms with van der Waals surface area (Å²) in [5.74, 6) is -0.962. The second-order valence-corrected chi connectivity index (χ2v) is 4.39. The SMILES string of the molecule is CCC1(C(F)(F)F)C=Cc2cc(Cl)c(F)cc2O1. The summed E-state index contributed by atoms with van der Waals surface area (Å²) in [5.41, 5.74) is -2.07. The van der Waals surface area contributed by atoms with Crippen LogP contribution in [0.4, 0.5) is 17.6 Å². The van der Waals surface area contributed by atoms with Gasteiger partial charge in [0.2, 0.25) is 5.60 Å². The molecule has 1 atom stereocenters. The van der Waals surface area contributed by atoms with Gasteiger partial charge in [-0.2, -0.15) is 13.2 Å². The van der Waals surface area contributed by atoms with Gasteiger partial charge in [-0.15, -0.1) is 0 Å². The lowest BCUT2D eigenvalue weighted by Gasteiger charge is -2.35. The molecule has 1 aromatic carbocycles. The number of fused-ring (bicyclic) bond motifs is 1. The molecule has 0 N–H and O–H groups in total. The Hall–Kier alpha value is -1.23.